The summed E-state index contributed by atoms with van der Waals surface area (Å²) in [6.07, 6.45) is 3.22. The smallest absolute Gasteiger partial charge is 0.265 e. The second-order valence-corrected chi connectivity index (χ2v) is 3.82. The molecule has 5 heteroatoms. The molecule has 0 atom stereocenters. The standard InChI is InChI=1S/C10H21N3O2/c1-9(2)4-3-5-11-6-7-12-10(14)8-13-15/h8-9,11,15H,3-7H2,1-2H3,(H,12,14)/b13-8-. The topological polar surface area (TPSA) is 73.7 Å². The largest absolute Gasteiger partial charge is 0.411 e. The molecule has 0 aromatic rings. The zero-order valence-corrected chi connectivity index (χ0v) is 9.49. The van der Waals surface area contributed by atoms with Crippen LogP contribution in [0.1, 0.15) is 26.7 Å². The molecule has 0 rings (SSSR count). The number of hydrogen-bond acceptors (Lipinski definition) is 4. The quantitative estimate of drug-likeness (QED) is 0.240. The van der Waals surface area contributed by atoms with E-state index in [9.17, 15) is 4.79 Å². The van der Waals surface area contributed by atoms with E-state index in [1.807, 2.05) is 0 Å². The van der Waals surface area contributed by atoms with Crippen molar-refractivity contribution in [2.75, 3.05) is 19.6 Å². The molecule has 0 saturated heterocycles. The van der Waals surface area contributed by atoms with Crippen molar-refractivity contribution in [3.63, 3.8) is 0 Å². The lowest BCUT2D eigenvalue weighted by molar-refractivity contribution is -0.114. The molecule has 0 bridgehead atoms. The van der Waals surface area contributed by atoms with Crippen molar-refractivity contribution in [2.45, 2.75) is 26.7 Å². The van der Waals surface area contributed by atoms with E-state index < -0.39 is 0 Å². The van der Waals surface area contributed by atoms with Crippen LogP contribution in [0.25, 0.3) is 0 Å². The van der Waals surface area contributed by atoms with Gasteiger partial charge in [0.1, 0.15) is 6.21 Å². The van der Waals surface area contributed by atoms with Gasteiger partial charge in [-0.3, -0.25) is 4.79 Å². The van der Waals surface area contributed by atoms with Gasteiger partial charge >= 0.3 is 0 Å². The zero-order valence-electron chi connectivity index (χ0n) is 9.49. The number of nitrogens with one attached hydrogen (secondary N) is 2. The molecule has 0 unspecified atom stereocenters. The summed E-state index contributed by atoms with van der Waals surface area (Å²) in [6, 6.07) is 0. The van der Waals surface area contributed by atoms with Gasteiger partial charge in [-0.05, 0) is 25.3 Å². The molecule has 15 heavy (non-hydrogen) atoms. The fourth-order valence-corrected chi connectivity index (χ4v) is 1.13. The van der Waals surface area contributed by atoms with Gasteiger partial charge in [0.25, 0.3) is 5.91 Å². The average molecular weight is 215 g/mol. The van der Waals surface area contributed by atoms with Crippen LogP contribution in [-0.4, -0.2) is 37.0 Å². The predicted molar refractivity (Wildman–Crippen MR) is 60.2 cm³/mol. The summed E-state index contributed by atoms with van der Waals surface area (Å²) in [7, 11) is 0. The molecule has 0 aliphatic heterocycles. The molecule has 0 aromatic heterocycles. The molecule has 0 heterocycles. The molecule has 0 radical (unpaired) electrons. The monoisotopic (exact) mass is 215 g/mol. The minimum atomic E-state index is -0.374. The summed E-state index contributed by atoms with van der Waals surface area (Å²) in [4.78, 5) is 10.8. The van der Waals surface area contributed by atoms with E-state index >= 15 is 0 Å². The van der Waals surface area contributed by atoms with Gasteiger partial charge in [-0.1, -0.05) is 19.0 Å². The number of carbonyl (C=O) groups excluding carboxylic acids is 1. The van der Waals surface area contributed by atoms with Crippen LogP contribution in [0, 0.1) is 5.92 Å². The molecule has 88 valence electrons. The molecule has 0 saturated carbocycles. The van der Waals surface area contributed by atoms with Gasteiger partial charge in [-0.15, -0.1) is 0 Å². The van der Waals surface area contributed by atoms with E-state index in [0.717, 1.165) is 31.6 Å². The first-order chi connectivity index (χ1) is 7.16. The highest BCUT2D eigenvalue weighted by molar-refractivity contribution is 6.25. The van der Waals surface area contributed by atoms with Gasteiger partial charge in [0.15, 0.2) is 0 Å². The first-order valence-corrected chi connectivity index (χ1v) is 5.32. The first-order valence-electron chi connectivity index (χ1n) is 5.32. The van der Waals surface area contributed by atoms with E-state index in [1.54, 1.807) is 0 Å². The Labute approximate surface area is 90.9 Å². The summed E-state index contributed by atoms with van der Waals surface area (Å²) >= 11 is 0. The van der Waals surface area contributed by atoms with Crippen molar-refractivity contribution in [3.8, 4) is 0 Å². The Morgan fingerprint density at radius 1 is 1.40 bits per heavy atom. The second-order valence-electron chi connectivity index (χ2n) is 3.82. The van der Waals surface area contributed by atoms with Gasteiger partial charge in [0.2, 0.25) is 0 Å². The van der Waals surface area contributed by atoms with Crippen LogP contribution in [0.15, 0.2) is 5.16 Å². The van der Waals surface area contributed by atoms with Gasteiger partial charge in [0, 0.05) is 13.1 Å². The number of rotatable bonds is 8. The highest BCUT2D eigenvalue weighted by Crippen LogP contribution is 2.01. The third kappa shape index (κ3) is 10.8. The SMILES string of the molecule is CC(C)CCCNCCNC(=O)/C=N\O. The van der Waals surface area contributed by atoms with Crippen LogP contribution in [0.5, 0.6) is 0 Å². The molecule has 0 spiro atoms. The van der Waals surface area contributed by atoms with Crippen LogP contribution in [0.2, 0.25) is 0 Å². The number of hydrogen-bond donors (Lipinski definition) is 3. The number of oxime groups is 1. The Balaban J connectivity index is 3.15. The van der Waals surface area contributed by atoms with E-state index in [2.05, 4.69) is 29.6 Å². The summed E-state index contributed by atoms with van der Waals surface area (Å²) in [5, 5.41) is 16.5. The van der Waals surface area contributed by atoms with Crippen LogP contribution >= 0.6 is 0 Å². The van der Waals surface area contributed by atoms with Crippen molar-refractivity contribution in [1.82, 2.24) is 10.6 Å². The van der Waals surface area contributed by atoms with E-state index in [1.165, 1.54) is 6.42 Å². The van der Waals surface area contributed by atoms with Crippen LogP contribution in [0.3, 0.4) is 0 Å². The Morgan fingerprint density at radius 3 is 2.73 bits per heavy atom. The number of amides is 1. The lowest BCUT2D eigenvalue weighted by atomic mass is 10.1. The average Bonchev–Trinajstić information content (AvgIpc) is 2.16. The van der Waals surface area contributed by atoms with Crippen molar-refractivity contribution in [3.05, 3.63) is 0 Å². The van der Waals surface area contributed by atoms with E-state index in [0.29, 0.717) is 6.54 Å². The van der Waals surface area contributed by atoms with Gasteiger partial charge in [-0.25, -0.2) is 0 Å². The van der Waals surface area contributed by atoms with Crippen molar-refractivity contribution < 1.29 is 10.0 Å². The zero-order chi connectivity index (χ0) is 11.5. The predicted octanol–water partition coefficient (Wildman–Crippen LogP) is 0.588. The molecule has 3 N–H and O–H groups in total. The Hall–Kier alpha value is -1.10. The van der Waals surface area contributed by atoms with E-state index in [-0.39, 0.29) is 5.91 Å². The maximum absolute atomic E-state index is 10.8. The first kappa shape index (κ1) is 13.9. The second kappa shape index (κ2) is 9.45. The third-order valence-corrected chi connectivity index (χ3v) is 1.91. The molecular weight excluding hydrogens is 194 g/mol. The fraction of sp³-hybridized carbons (Fsp3) is 0.800. The fourth-order valence-electron chi connectivity index (χ4n) is 1.13. The summed E-state index contributed by atoms with van der Waals surface area (Å²) in [6.45, 7) is 6.67. The highest BCUT2D eigenvalue weighted by Gasteiger charge is 1.95. The van der Waals surface area contributed by atoms with E-state index in [4.69, 9.17) is 5.21 Å². The molecule has 0 aliphatic rings. The van der Waals surface area contributed by atoms with Crippen molar-refractivity contribution in [2.24, 2.45) is 11.1 Å². The van der Waals surface area contributed by atoms with Crippen molar-refractivity contribution in [1.29, 1.82) is 0 Å². The minimum Gasteiger partial charge on any atom is -0.411 e. The Bertz CT molecular complexity index is 193. The Morgan fingerprint density at radius 2 is 2.13 bits per heavy atom. The summed E-state index contributed by atoms with van der Waals surface area (Å²) in [5.41, 5.74) is 0. The maximum atomic E-state index is 10.8. The molecule has 1 amide bonds. The summed E-state index contributed by atoms with van der Waals surface area (Å²) in [5.74, 6) is 0.369. The van der Waals surface area contributed by atoms with Crippen LogP contribution < -0.4 is 10.6 Å². The summed E-state index contributed by atoms with van der Waals surface area (Å²) < 4.78 is 0. The molecular formula is C10H21N3O2. The number of carbonyl (C=O) groups is 1. The molecule has 0 aromatic carbocycles. The van der Waals surface area contributed by atoms with Gasteiger partial charge < -0.3 is 15.8 Å². The Kier molecular flexibility index (Phi) is 8.76. The maximum Gasteiger partial charge on any atom is 0.265 e. The van der Waals surface area contributed by atoms with Gasteiger partial charge in [0.05, 0.1) is 0 Å². The molecule has 5 nitrogen and oxygen atoms in total. The normalized spacial score (nSPS) is 11.1. The van der Waals surface area contributed by atoms with Crippen LogP contribution in [-0.2, 0) is 4.79 Å². The number of nitrogens with zero attached hydrogens (tertiary/aromatic N) is 1. The van der Waals surface area contributed by atoms with Crippen molar-refractivity contribution >= 4 is 12.1 Å². The third-order valence-electron chi connectivity index (χ3n) is 1.91. The van der Waals surface area contributed by atoms with Crippen LogP contribution in [0.4, 0.5) is 0 Å². The van der Waals surface area contributed by atoms with Gasteiger partial charge in [-0.2, -0.15) is 0 Å². The molecule has 0 fully saturated rings. The molecule has 0 aliphatic carbocycles. The lowest BCUT2D eigenvalue weighted by Crippen LogP contribution is -2.32. The minimum absolute atomic E-state index is 0.374. The lowest BCUT2D eigenvalue weighted by Gasteiger charge is -2.06. The highest BCUT2D eigenvalue weighted by atomic mass is 16.4.